The normalized spacial score (nSPS) is 11.4. The molecule has 1 unspecified atom stereocenters. The number of hydrogen-bond donors (Lipinski definition) is 1. The first-order valence-corrected chi connectivity index (χ1v) is 4.41. The lowest BCUT2D eigenvalue weighted by Gasteiger charge is -1.98. The summed E-state index contributed by atoms with van der Waals surface area (Å²) in [6.07, 6.45) is -0.671. The number of benzene rings is 1. The summed E-state index contributed by atoms with van der Waals surface area (Å²) in [5.74, 6) is 5.37. The van der Waals surface area contributed by atoms with Gasteiger partial charge in [0.2, 0.25) is 0 Å². The molecule has 0 radical (unpaired) electrons. The van der Waals surface area contributed by atoms with Crippen LogP contribution in [0, 0.1) is 11.8 Å². The summed E-state index contributed by atoms with van der Waals surface area (Å²) in [6, 6.07) is 7.11. The largest absolute Gasteiger partial charge is 0.381 e. The van der Waals surface area contributed by atoms with Crippen LogP contribution in [0.3, 0.4) is 0 Å². The summed E-state index contributed by atoms with van der Waals surface area (Å²) >= 11 is 0. The van der Waals surface area contributed by atoms with Gasteiger partial charge in [-0.2, -0.15) is 0 Å². The molecular weight excluding hydrogens is 176 g/mol. The Bertz CT molecular complexity index is 394. The molecule has 1 aromatic rings. The molecule has 1 atom stereocenters. The number of aliphatic hydroxyl groups is 1. The van der Waals surface area contributed by atoms with Crippen molar-refractivity contribution in [3.8, 4) is 11.8 Å². The van der Waals surface area contributed by atoms with Gasteiger partial charge < -0.3 is 5.11 Å². The maximum atomic E-state index is 11.2. The van der Waals surface area contributed by atoms with Gasteiger partial charge in [0.25, 0.3) is 0 Å². The van der Waals surface area contributed by atoms with E-state index in [4.69, 9.17) is 5.11 Å². The van der Waals surface area contributed by atoms with Crippen molar-refractivity contribution >= 4 is 5.78 Å². The lowest BCUT2D eigenvalue weighted by molar-refractivity contribution is 0.101. The molecule has 2 nitrogen and oxygen atoms in total. The zero-order chi connectivity index (χ0) is 10.6. The highest BCUT2D eigenvalue weighted by Crippen LogP contribution is 2.07. The van der Waals surface area contributed by atoms with Crippen LogP contribution < -0.4 is 0 Å². The van der Waals surface area contributed by atoms with Gasteiger partial charge in [0, 0.05) is 11.1 Å². The monoisotopic (exact) mass is 188 g/mol. The van der Waals surface area contributed by atoms with Crippen LogP contribution >= 0.6 is 0 Å². The van der Waals surface area contributed by atoms with E-state index in [1.165, 1.54) is 6.92 Å². The summed E-state index contributed by atoms with van der Waals surface area (Å²) in [4.78, 5) is 11.2. The second-order valence-electron chi connectivity index (χ2n) is 3.05. The van der Waals surface area contributed by atoms with Gasteiger partial charge in [-0.05, 0) is 19.9 Å². The maximum absolute atomic E-state index is 11.2. The highest BCUT2D eigenvalue weighted by molar-refractivity contribution is 5.96. The number of carbonyl (C=O) groups excluding carboxylic acids is 1. The number of Topliss-reactive ketones (excluding diaryl/α,β-unsaturated/α-hetero) is 1. The molecule has 0 aromatic heterocycles. The molecule has 0 aliphatic carbocycles. The molecule has 0 amide bonds. The molecule has 0 fully saturated rings. The van der Waals surface area contributed by atoms with Crippen LogP contribution in [0.15, 0.2) is 24.3 Å². The average Bonchev–Trinajstić information content (AvgIpc) is 2.15. The van der Waals surface area contributed by atoms with E-state index in [1.807, 2.05) is 6.07 Å². The minimum Gasteiger partial charge on any atom is -0.381 e. The van der Waals surface area contributed by atoms with Crippen LogP contribution in [-0.4, -0.2) is 17.0 Å². The minimum absolute atomic E-state index is 0.0134. The van der Waals surface area contributed by atoms with Crippen molar-refractivity contribution in [1.82, 2.24) is 0 Å². The fraction of sp³-hybridized carbons (Fsp3) is 0.250. The Kier molecular flexibility index (Phi) is 3.44. The number of carbonyl (C=O) groups is 1. The summed E-state index contributed by atoms with van der Waals surface area (Å²) in [7, 11) is 0. The maximum Gasteiger partial charge on any atom is 0.161 e. The molecular formula is C12H12O2. The molecule has 0 aliphatic rings. The Morgan fingerprint density at radius 2 is 2.07 bits per heavy atom. The van der Waals surface area contributed by atoms with Gasteiger partial charge in [0.1, 0.15) is 6.10 Å². The van der Waals surface area contributed by atoms with E-state index in [1.54, 1.807) is 25.1 Å². The lowest BCUT2D eigenvalue weighted by atomic mass is 10.0. The Balaban J connectivity index is 3.10. The Morgan fingerprint density at radius 1 is 1.43 bits per heavy atom. The smallest absolute Gasteiger partial charge is 0.161 e. The molecule has 0 spiro atoms. The quantitative estimate of drug-likeness (QED) is 0.537. The molecule has 1 rings (SSSR count). The third-order valence-corrected chi connectivity index (χ3v) is 1.72. The second kappa shape index (κ2) is 4.59. The predicted octanol–water partition coefficient (Wildman–Crippen LogP) is 1.62. The van der Waals surface area contributed by atoms with Crippen molar-refractivity contribution in [2.75, 3.05) is 0 Å². The molecule has 14 heavy (non-hydrogen) atoms. The van der Waals surface area contributed by atoms with E-state index in [-0.39, 0.29) is 5.78 Å². The topological polar surface area (TPSA) is 37.3 Å². The van der Waals surface area contributed by atoms with Crippen LogP contribution in [-0.2, 0) is 0 Å². The first-order chi connectivity index (χ1) is 6.61. The summed E-state index contributed by atoms with van der Waals surface area (Å²) in [6.45, 7) is 3.09. The third kappa shape index (κ3) is 2.72. The van der Waals surface area contributed by atoms with E-state index in [2.05, 4.69) is 11.8 Å². The highest BCUT2D eigenvalue weighted by Gasteiger charge is 2.02. The highest BCUT2D eigenvalue weighted by atomic mass is 16.3. The van der Waals surface area contributed by atoms with Crippen molar-refractivity contribution in [1.29, 1.82) is 0 Å². The molecule has 0 aliphatic heterocycles. The standard InChI is InChI=1S/C12H12O2/c1-9(13)7-8-11-5-3-4-6-12(11)10(2)14/h3-6,9,13H,1-2H3. The van der Waals surface area contributed by atoms with Gasteiger partial charge in [0.15, 0.2) is 5.78 Å². The Labute approximate surface area is 83.6 Å². The first-order valence-electron chi connectivity index (χ1n) is 4.41. The SMILES string of the molecule is CC(=O)c1ccccc1C#CC(C)O. The van der Waals surface area contributed by atoms with E-state index in [9.17, 15) is 4.79 Å². The van der Waals surface area contributed by atoms with Crippen LogP contribution in [0.25, 0.3) is 0 Å². The number of ketones is 1. The van der Waals surface area contributed by atoms with Gasteiger partial charge in [-0.1, -0.05) is 30.0 Å². The van der Waals surface area contributed by atoms with Gasteiger partial charge in [0.05, 0.1) is 0 Å². The Morgan fingerprint density at radius 3 is 2.64 bits per heavy atom. The van der Waals surface area contributed by atoms with Gasteiger partial charge in [-0.15, -0.1) is 0 Å². The molecule has 2 heteroatoms. The zero-order valence-electron chi connectivity index (χ0n) is 8.24. The number of hydrogen-bond acceptors (Lipinski definition) is 2. The minimum atomic E-state index is -0.671. The van der Waals surface area contributed by atoms with E-state index in [0.717, 1.165) is 0 Å². The van der Waals surface area contributed by atoms with Crippen molar-refractivity contribution in [2.24, 2.45) is 0 Å². The van der Waals surface area contributed by atoms with Gasteiger partial charge >= 0.3 is 0 Å². The van der Waals surface area contributed by atoms with Gasteiger partial charge in [-0.3, -0.25) is 4.79 Å². The van der Waals surface area contributed by atoms with Crippen molar-refractivity contribution in [3.63, 3.8) is 0 Å². The molecule has 0 heterocycles. The summed E-state index contributed by atoms with van der Waals surface area (Å²) in [5, 5.41) is 8.98. The number of rotatable bonds is 1. The first kappa shape index (κ1) is 10.5. The molecule has 1 N–H and O–H groups in total. The van der Waals surface area contributed by atoms with E-state index >= 15 is 0 Å². The lowest BCUT2D eigenvalue weighted by Crippen LogP contribution is -1.97. The van der Waals surface area contributed by atoms with E-state index in [0.29, 0.717) is 11.1 Å². The fourth-order valence-corrected chi connectivity index (χ4v) is 1.08. The molecule has 72 valence electrons. The second-order valence-corrected chi connectivity index (χ2v) is 3.05. The predicted molar refractivity (Wildman–Crippen MR) is 55.0 cm³/mol. The van der Waals surface area contributed by atoms with Crippen LogP contribution in [0.5, 0.6) is 0 Å². The third-order valence-electron chi connectivity index (χ3n) is 1.72. The molecule has 0 saturated heterocycles. The van der Waals surface area contributed by atoms with Crippen LogP contribution in [0.4, 0.5) is 0 Å². The fourth-order valence-electron chi connectivity index (χ4n) is 1.08. The summed E-state index contributed by atoms with van der Waals surface area (Å²) in [5.41, 5.74) is 1.27. The van der Waals surface area contributed by atoms with E-state index < -0.39 is 6.10 Å². The summed E-state index contributed by atoms with van der Waals surface area (Å²) < 4.78 is 0. The van der Waals surface area contributed by atoms with Crippen molar-refractivity contribution in [3.05, 3.63) is 35.4 Å². The Hall–Kier alpha value is -1.59. The average molecular weight is 188 g/mol. The van der Waals surface area contributed by atoms with Crippen LogP contribution in [0.1, 0.15) is 29.8 Å². The van der Waals surface area contributed by atoms with Crippen molar-refractivity contribution in [2.45, 2.75) is 20.0 Å². The molecule has 1 aromatic carbocycles. The molecule has 0 saturated carbocycles. The number of aliphatic hydroxyl groups excluding tert-OH is 1. The zero-order valence-corrected chi connectivity index (χ0v) is 8.24. The molecule has 0 bridgehead atoms. The van der Waals surface area contributed by atoms with Crippen molar-refractivity contribution < 1.29 is 9.90 Å². The van der Waals surface area contributed by atoms with Gasteiger partial charge in [-0.25, -0.2) is 0 Å². The van der Waals surface area contributed by atoms with Crippen LogP contribution in [0.2, 0.25) is 0 Å².